The number of primary amides is 1. The number of rotatable bonds is 2. The molecule has 0 radical (unpaired) electrons. The fraction of sp³-hybridized carbons (Fsp3) is 0. The van der Waals surface area contributed by atoms with Crippen molar-refractivity contribution < 1.29 is 18.0 Å². The van der Waals surface area contributed by atoms with Crippen molar-refractivity contribution >= 4 is 12.0 Å². The van der Waals surface area contributed by atoms with Crippen molar-refractivity contribution in [3.05, 3.63) is 41.2 Å². The van der Waals surface area contributed by atoms with Gasteiger partial charge in [0.25, 0.3) is 0 Å². The summed E-state index contributed by atoms with van der Waals surface area (Å²) in [5.41, 5.74) is 4.23. The van der Waals surface area contributed by atoms with Crippen LogP contribution in [0.1, 0.15) is 5.56 Å². The minimum atomic E-state index is -1.08. The zero-order valence-electron chi connectivity index (χ0n) is 6.93. The second kappa shape index (κ2) is 3.95. The summed E-state index contributed by atoms with van der Waals surface area (Å²) in [5, 5.41) is 0. The summed E-state index contributed by atoms with van der Waals surface area (Å²) in [5.74, 6) is -4.02. The van der Waals surface area contributed by atoms with Gasteiger partial charge in [-0.3, -0.25) is 4.79 Å². The van der Waals surface area contributed by atoms with Crippen LogP contribution in [0.15, 0.2) is 18.2 Å². The molecule has 0 unspecified atom stereocenters. The molecule has 1 aromatic carbocycles. The summed E-state index contributed by atoms with van der Waals surface area (Å²) in [6, 6.07) is 1.04. The number of hydrogen-bond acceptors (Lipinski definition) is 1. The monoisotopic (exact) mass is 201 g/mol. The van der Waals surface area contributed by atoms with E-state index in [1.54, 1.807) is 0 Å². The van der Waals surface area contributed by atoms with Gasteiger partial charge in [-0.2, -0.15) is 0 Å². The third-order valence-corrected chi connectivity index (χ3v) is 1.46. The van der Waals surface area contributed by atoms with E-state index >= 15 is 0 Å². The molecule has 0 bridgehead atoms. The highest BCUT2D eigenvalue weighted by atomic mass is 19.1. The Kier molecular flexibility index (Phi) is 2.91. The Morgan fingerprint density at radius 1 is 1.21 bits per heavy atom. The van der Waals surface area contributed by atoms with E-state index in [-0.39, 0.29) is 0 Å². The highest BCUT2D eigenvalue weighted by Gasteiger charge is 2.08. The van der Waals surface area contributed by atoms with E-state index in [0.717, 1.165) is 12.2 Å². The zero-order chi connectivity index (χ0) is 10.7. The van der Waals surface area contributed by atoms with Crippen molar-refractivity contribution in [2.45, 2.75) is 0 Å². The van der Waals surface area contributed by atoms with Crippen molar-refractivity contribution in [2.24, 2.45) is 5.73 Å². The van der Waals surface area contributed by atoms with Gasteiger partial charge in [-0.1, -0.05) is 0 Å². The molecule has 1 aromatic rings. The predicted octanol–water partition coefficient (Wildman–Crippen LogP) is 1.60. The van der Waals surface area contributed by atoms with Gasteiger partial charge in [0, 0.05) is 23.8 Å². The van der Waals surface area contributed by atoms with Crippen molar-refractivity contribution in [3.63, 3.8) is 0 Å². The molecule has 5 heteroatoms. The molecule has 0 aliphatic rings. The number of halogens is 3. The Morgan fingerprint density at radius 3 is 2.14 bits per heavy atom. The topological polar surface area (TPSA) is 43.1 Å². The van der Waals surface area contributed by atoms with Gasteiger partial charge in [-0.05, 0) is 6.08 Å². The minimum Gasteiger partial charge on any atom is -0.366 e. The molecular formula is C9H6F3NO. The standard InChI is InChI=1S/C9H6F3NO/c10-5-3-7(11)6(8(12)4-5)1-2-9(13)14/h1-4H,(H2,13,14). The number of amides is 1. The van der Waals surface area contributed by atoms with E-state index in [4.69, 9.17) is 5.73 Å². The first-order valence-corrected chi connectivity index (χ1v) is 3.63. The molecule has 1 rings (SSSR count). The van der Waals surface area contributed by atoms with Crippen LogP contribution in [-0.4, -0.2) is 5.91 Å². The molecular weight excluding hydrogens is 195 g/mol. The molecule has 0 fully saturated rings. The Balaban J connectivity index is 3.15. The van der Waals surface area contributed by atoms with E-state index < -0.39 is 28.9 Å². The summed E-state index contributed by atoms with van der Waals surface area (Å²) >= 11 is 0. The third-order valence-electron chi connectivity index (χ3n) is 1.46. The summed E-state index contributed by atoms with van der Waals surface area (Å²) in [6.07, 6.45) is 1.64. The molecule has 0 saturated carbocycles. The molecule has 0 heterocycles. The van der Waals surface area contributed by atoms with Crippen LogP contribution in [0.5, 0.6) is 0 Å². The average molecular weight is 201 g/mol. The van der Waals surface area contributed by atoms with Gasteiger partial charge < -0.3 is 5.73 Å². The quantitative estimate of drug-likeness (QED) is 0.725. The lowest BCUT2D eigenvalue weighted by molar-refractivity contribution is -0.113. The second-order valence-electron chi connectivity index (χ2n) is 2.52. The Morgan fingerprint density at radius 2 is 1.71 bits per heavy atom. The number of nitrogens with two attached hydrogens (primary N) is 1. The first-order chi connectivity index (χ1) is 6.50. The normalized spacial score (nSPS) is 10.8. The van der Waals surface area contributed by atoms with Gasteiger partial charge in [0.1, 0.15) is 17.5 Å². The fourth-order valence-corrected chi connectivity index (χ4v) is 0.878. The molecule has 14 heavy (non-hydrogen) atoms. The molecule has 0 aromatic heterocycles. The van der Waals surface area contributed by atoms with Crippen LogP contribution < -0.4 is 5.73 Å². The largest absolute Gasteiger partial charge is 0.366 e. The van der Waals surface area contributed by atoms with Crippen LogP contribution in [0.2, 0.25) is 0 Å². The molecule has 0 spiro atoms. The van der Waals surface area contributed by atoms with E-state index in [9.17, 15) is 18.0 Å². The maximum Gasteiger partial charge on any atom is 0.241 e. The first-order valence-electron chi connectivity index (χ1n) is 3.63. The summed E-state index contributed by atoms with van der Waals surface area (Å²) in [6.45, 7) is 0. The summed E-state index contributed by atoms with van der Waals surface area (Å²) in [7, 11) is 0. The first kappa shape index (κ1) is 10.3. The zero-order valence-corrected chi connectivity index (χ0v) is 6.93. The summed E-state index contributed by atoms with van der Waals surface area (Å²) < 4.78 is 38.2. The lowest BCUT2D eigenvalue weighted by Gasteiger charge is -1.98. The number of carbonyl (C=O) groups is 1. The molecule has 0 aliphatic heterocycles. The Hall–Kier alpha value is -1.78. The lowest BCUT2D eigenvalue weighted by atomic mass is 10.2. The minimum absolute atomic E-state index is 0.495. The van der Waals surface area contributed by atoms with Gasteiger partial charge in [-0.25, -0.2) is 13.2 Å². The molecule has 0 aliphatic carbocycles. The van der Waals surface area contributed by atoms with Gasteiger partial charge in [0.15, 0.2) is 0 Å². The van der Waals surface area contributed by atoms with Crippen LogP contribution in [0.4, 0.5) is 13.2 Å². The smallest absolute Gasteiger partial charge is 0.241 e. The summed E-state index contributed by atoms with van der Waals surface area (Å²) in [4.78, 5) is 10.3. The van der Waals surface area contributed by atoms with Crippen LogP contribution in [0.25, 0.3) is 6.08 Å². The predicted molar refractivity (Wildman–Crippen MR) is 44.5 cm³/mol. The van der Waals surface area contributed by atoms with Crippen LogP contribution >= 0.6 is 0 Å². The molecule has 1 amide bonds. The lowest BCUT2D eigenvalue weighted by Crippen LogP contribution is -2.05. The average Bonchev–Trinajstić information content (AvgIpc) is 2.01. The fourth-order valence-electron chi connectivity index (χ4n) is 0.878. The SMILES string of the molecule is NC(=O)C=Cc1c(F)cc(F)cc1F. The molecule has 0 saturated heterocycles. The van der Waals surface area contributed by atoms with Crippen molar-refractivity contribution in [3.8, 4) is 0 Å². The van der Waals surface area contributed by atoms with Gasteiger partial charge >= 0.3 is 0 Å². The van der Waals surface area contributed by atoms with E-state index in [2.05, 4.69) is 0 Å². The Labute approximate surface area is 77.8 Å². The molecule has 74 valence electrons. The maximum atomic E-state index is 12.9. The molecule has 2 nitrogen and oxygen atoms in total. The number of benzene rings is 1. The van der Waals surface area contributed by atoms with E-state index in [1.807, 2.05) is 0 Å². The number of carbonyl (C=O) groups excluding carboxylic acids is 1. The van der Waals surface area contributed by atoms with Crippen LogP contribution in [0.3, 0.4) is 0 Å². The Bertz CT molecular complexity index is 378. The van der Waals surface area contributed by atoms with Crippen molar-refractivity contribution in [1.82, 2.24) is 0 Å². The van der Waals surface area contributed by atoms with Crippen molar-refractivity contribution in [1.29, 1.82) is 0 Å². The van der Waals surface area contributed by atoms with E-state index in [1.165, 1.54) is 0 Å². The van der Waals surface area contributed by atoms with E-state index in [0.29, 0.717) is 12.1 Å². The molecule has 2 N–H and O–H groups in total. The third kappa shape index (κ3) is 2.35. The highest BCUT2D eigenvalue weighted by Crippen LogP contribution is 2.15. The second-order valence-corrected chi connectivity index (χ2v) is 2.52. The highest BCUT2D eigenvalue weighted by molar-refractivity contribution is 5.90. The van der Waals surface area contributed by atoms with Crippen LogP contribution in [-0.2, 0) is 4.79 Å². The number of hydrogen-bond donors (Lipinski definition) is 1. The van der Waals surface area contributed by atoms with Gasteiger partial charge in [0.2, 0.25) is 5.91 Å². The van der Waals surface area contributed by atoms with Gasteiger partial charge in [-0.15, -0.1) is 0 Å². The van der Waals surface area contributed by atoms with Crippen molar-refractivity contribution in [2.75, 3.05) is 0 Å². The molecule has 0 atom stereocenters. The van der Waals surface area contributed by atoms with Gasteiger partial charge in [0.05, 0.1) is 0 Å². The maximum absolute atomic E-state index is 12.9. The van der Waals surface area contributed by atoms with Crippen LogP contribution in [0, 0.1) is 17.5 Å².